The lowest BCUT2D eigenvalue weighted by atomic mass is 9.94. The Kier molecular flexibility index (Phi) is 5.30. The summed E-state index contributed by atoms with van der Waals surface area (Å²) in [5.74, 6) is 1.66. The minimum absolute atomic E-state index is 0.209. The summed E-state index contributed by atoms with van der Waals surface area (Å²) in [4.78, 5) is 0. The first-order valence-corrected chi connectivity index (χ1v) is 16.1. The number of pyridine rings is 2. The molecule has 8 aromatic rings. The fourth-order valence-electron chi connectivity index (χ4n) is 8.00. The molecular weight excluding hydrogens is 578 g/mol. The molecule has 0 amide bonds. The monoisotopic (exact) mass is 609 g/mol. The molecule has 6 nitrogen and oxygen atoms in total. The van der Waals surface area contributed by atoms with E-state index in [2.05, 4.69) is 167 Å². The van der Waals surface area contributed by atoms with Gasteiger partial charge in [-0.15, -0.1) is 4.57 Å². The Morgan fingerprint density at radius 2 is 1.49 bits per heavy atom. The number of hydrogen-bond acceptors (Lipinski definition) is 2. The maximum Gasteiger partial charge on any atom is 0.376 e. The van der Waals surface area contributed by atoms with E-state index in [9.17, 15) is 0 Å². The summed E-state index contributed by atoms with van der Waals surface area (Å²) >= 11 is 0. The Morgan fingerprint density at radius 3 is 2.34 bits per heavy atom. The highest BCUT2D eigenvalue weighted by Gasteiger charge is 2.49. The predicted octanol–water partition coefficient (Wildman–Crippen LogP) is 8.22. The molecule has 2 aliphatic rings. The quantitative estimate of drug-likeness (QED) is 0.189. The highest BCUT2D eigenvalue weighted by Crippen LogP contribution is 2.46. The van der Waals surface area contributed by atoms with Gasteiger partial charge in [-0.3, -0.25) is 0 Å². The van der Waals surface area contributed by atoms with Gasteiger partial charge in [0.1, 0.15) is 28.2 Å². The standard InChI is InChI=1S/C41H31N5O/c1-25-22-28(27-12-5-4-6-13-27)23-26(2)38(25)31-24-35-33-17-10-20-37-45(33)41(46(35)42-31)39-34(18-9-19-36(39)47-37)44-32-16-8-7-14-29(32)30-15-11-21-43(3)40(30)44/h4-24,41H,1-3H3/q+2. The van der Waals surface area contributed by atoms with E-state index in [1.54, 1.807) is 0 Å². The molecule has 224 valence electrons. The van der Waals surface area contributed by atoms with Gasteiger partial charge in [0.15, 0.2) is 0 Å². The van der Waals surface area contributed by atoms with Gasteiger partial charge in [0.05, 0.1) is 30.4 Å². The molecule has 1 atom stereocenters. The molecule has 2 aliphatic heterocycles. The van der Waals surface area contributed by atoms with Crippen LogP contribution in [0.4, 0.5) is 0 Å². The van der Waals surface area contributed by atoms with E-state index in [1.165, 1.54) is 38.6 Å². The molecule has 0 saturated heterocycles. The molecule has 0 bridgehead atoms. The number of fused-ring (bicyclic) bond motifs is 8. The van der Waals surface area contributed by atoms with Crippen LogP contribution in [0.15, 0.2) is 128 Å². The van der Waals surface area contributed by atoms with Crippen LogP contribution in [-0.2, 0) is 7.05 Å². The van der Waals surface area contributed by atoms with Crippen molar-refractivity contribution in [2.45, 2.75) is 20.0 Å². The minimum Gasteiger partial charge on any atom is -0.404 e. The summed E-state index contributed by atoms with van der Waals surface area (Å²) in [5.41, 5.74) is 13.7. The Balaban J connectivity index is 1.21. The van der Waals surface area contributed by atoms with Crippen molar-refractivity contribution in [2.75, 3.05) is 0 Å². The topological polar surface area (TPSA) is 39.7 Å². The number of aromatic nitrogens is 5. The lowest BCUT2D eigenvalue weighted by Gasteiger charge is -2.22. The van der Waals surface area contributed by atoms with Crippen LogP contribution in [0, 0.1) is 13.8 Å². The van der Waals surface area contributed by atoms with Gasteiger partial charge >= 0.3 is 5.88 Å². The van der Waals surface area contributed by atoms with Crippen LogP contribution in [-0.4, -0.2) is 14.3 Å². The predicted molar refractivity (Wildman–Crippen MR) is 184 cm³/mol. The van der Waals surface area contributed by atoms with Crippen LogP contribution in [0.5, 0.6) is 11.6 Å². The minimum atomic E-state index is -0.209. The summed E-state index contributed by atoms with van der Waals surface area (Å²) in [6.45, 7) is 4.40. The largest absolute Gasteiger partial charge is 0.404 e. The highest BCUT2D eigenvalue weighted by molar-refractivity contribution is 6.07. The summed E-state index contributed by atoms with van der Waals surface area (Å²) < 4.78 is 15.8. The number of nitrogens with zero attached hydrogens (tertiary/aromatic N) is 5. The Bertz CT molecular complexity index is 2570. The first kappa shape index (κ1) is 26.2. The fourth-order valence-corrected chi connectivity index (χ4v) is 8.00. The van der Waals surface area contributed by atoms with Crippen LogP contribution >= 0.6 is 0 Å². The van der Waals surface area contributed by atoms with E-state index in [0.717, 1.165) is 51.1 Å². The zero-order valence-corrected chi connectivity index (χ0v) is 26.3. The molecule has 0 saturated carbocycles. The number of para-hydroxylation sites is 1. The zero-order valence-electron chi connectivity index (χ0n) is 26.3. The second kappa shape index (κ2) is 9.50. The van der Waals surface area contributed by atoms with Crippen LogP contribution in [0.2, 0.25) is 0 Å². The second-order valence-corrected chi connectivity index (χ2v) is 12.7. The molecular formula is C41H31N5O+2. The van der Waals surface area contributed by atoms with Crippen molar-refractivity contribution < 1.29 is 13.9 Å². The van der Waals surface area contributed by atoms with E-state index in [-0.39, 0.29) is 6.17 Å². The average Bonchev–Trinajstić information content (AvgIpc) is 3.76. The van der Waals surface area contributed by atoms with Crippen molar-refractivity contribution in [2.24, 2.45) is 7.05 Å². The van der Waals surface area contributed by atoms with Crippen molar-refractivity contribution in [1.82, 2.24) is 14.3 Å². The van der Waals surface area contributed by atoms with Crippen LogP contribution in [0.3, 0.4) is 0 Å². The third-order valence-electron chi connectivity index (χ3n) is 9.91. The SMILES string of the molecule is Cc1cc(-c2ccccc2)cc(C)c1-c1cc2n(n1)C1c3c(cccc3-n3c4ccccc4c4ccc[n+](C)c43)Oc3cccc-2[n+]31. The van der Waals surface area contributed by atoms with E-state index in [1.807, 2.05) is 0 Å². The maximum atomic E-state index is 6.67. The normalized spacial score (nSPS) is 14.2. The van der Waals surface area contributed by atoms with Crippen LogP contribution < -0.4 is 13.9 Å². The van der Waals surface area contributed by atoms with Crippen molar-refractivity contribution in [3.05, 3.63) is 144 Å². The number of aryl methyl sites for hydroxylation is 3. The molecule has 0 spiro atoms. The van der Waals surface area contributed by atoms with Crippen LogP contribution in [0.1, 0.15) is 22.9 Å². The molecule has 10 rings (SSSR count). The third-order valence-corrected chi connectivity index (χ3v) is 9.91. The number of rotatable bonds is 3. The van der Waals surface area contributed by atoms with Gasteiger partial charge < -0.3 is 4.74 Å². The Labute approximate surface area is 272 Å². The molecule has 6 heterocycles. The van der Waals surface area contributed by atoms with Crippen molar-refractivity contribution in [3.8, 4) is 51.1 Å². The van der Waals surface area contributed by atoms with E-state index in [0.29, 0.717) is 0 Å². The number of hydrogen-bond donors (Lipinski definition) is 0. The van der Waals surface area contributed by atoms with E-state index in [4.69, 9.17) is 9.84 Å². The highest BCUT2D eigenvalue weighted by atomic mass is 16.5. The van der Waals surface area contributed by atoms with Crippen molar-refractivity contribution in [3.63, 3.8) is 0 Å². The molecule has 0 fully saturated rings. The van der Waals surface area contributed by atoms with Crippen molar-refractivity contribution in [1.29, 1.82) is 0 Å². The van der Waals surface area contributed by atoms with Gasteiger partial charge in [-0.1, -0.05) is 60.7 Å². The van der Waals surface area contributed by atoms with E-state index < -0.39 is 0 Å². The third kappa shape index (κ3) is 3.58. The average molecular weight is 610 g/mol. The van der Waals surface area contributed by atoms with Gasteiger partial charge in [-0.2, -0.15) is 14.3 Å². The van der Waals surface area contributed by atoms with Gasteiger partial charge in [-0.25, -0.2) is 4.57 Å². The second-order valence-electron chi connectivity index (χ2n) is 12.7. The molecule has 4 aromatic heterocycles. The Hall–Kier alpha value is -6.01. The summed E-state index contributed by atoms with van der Waals surface area (Å²) in [6, 6.07) is 43.1. The van der Waals surface area contributed by atoms with Gasteiger partial charge in [0, 0.05) is 17.0 Å². The summed E-state index contributed by atoms with van der Waals surface area (Å²) in [7, 11) is 2.12. The number of benzene rings is 4. The molecule has 4 aromatic carbocycles. The molecule has 0 aliphatic carbocycles. The molecule has 6 heteroatoms. The maximum absolute atomic E-state index is 6.67. The van der Waals surface area contributed by atoms with Gasteiger partial charge in [0.2, 0.25) is 5.69 Å². The molecule has 0 N–H and O–H groups in total. The zero-order chi connectivity index (χ0) is 31.4. The Morgan fingerprint density at radius 1 is 0.723 bits per heavy atom. The molecule has 0 radical (unpaired) electrons. The lowest BCUT2D eigenvalue weighted by Crippen LogP contribution is -2.45. The van der Waals surface area contributed by atoms with Crippen LogP contribution in [0.25, 0.3) is 61.4 Å². The summed E-state index contributed by atoms with van der Waals surface area (Å²) in [5, 5.41) is 7.85. The molecule has 47 heavy (non-hydrogen) atoms. The number of ether oxygens (including phenoxy) is 1. The van der Waals surface area contributed by atoms with Gasteiger partial charge in [-0.05, 0) is 84.6 Å². The lowest BCUT2D eigenvalue weighted by molar-refractivity contribution is -0.708. The molecule has 1 unspecified atom stereocenters. The van der Waals surface area contributed by atoms with E-state index >= 15 is 0 Å². The first-order valence-electron chi connectivity index (χ1n) is 16.1. The summed E-state index contributed by atoms with van der Waals surface area (Å²) in [6.07, 6.45) is 1.91. The first-order chi connectivity index (χ1) is 23.1. The smallest absolute Gasteiger partial charge is 0.376 e. The fraction of sp³-hybridized carbons (Fsp3) is 0.0976. The van der Waals surface area contributed by atoms with Crippen molar-refractivity contribution >= 4 is 21.9 Å². The van der Waals surface area contributed by atoms with Gasteiger partial charge in [0.25, 0.3) is 11.8 Å².